The number of nitrogens with two attached hydrogens (primary N) is 1. The van der Waals surface area contributed by atoms with Gasteiger partial charge in [-0.2, -0.15) is 0 Å². The van der Waals surface area contributed by atoms with Gasteiger partial charge in [-0.1, -0.05) is 15.9 Å². The van der Waals surface area contributed by atoms with Gasteiger partial charge in [0.25, 0.3) is 0 Å². The Balaban J connectivity index is 2.32. The van der Waals surface area contributed by atoms with Crippen molar-refractivity contribution in [2.24, 2.45) is 5.73 Å². The number of hydrogen-bond donors (Lipinski definition) is 1. The summed E-state index contributed by atoms with van der Waals surface area (Å²) < 4.78 is 12.0. The van der Waals surface area contributed by atoms with Crippen LogP contribution >= 0.6 is 15.9 Å². The summed E-state index contributed by atoms with van der Waals surface area (Å²) in [4.78, 5) is 0. The predicted octanol–water partition coefficient (Wildman–Crippen LogP) is 2.11. The van der Waals surface area contributed by atoms with Crippen LogP contribution in [0.3, 0.4) is 0 Å². The molecular formula is C11H14BrNO2. The second-order valence-electron chi connectivity index (χ2n) is 3.77. The van der Waals surface area contributed by atoms with E-state index in [2.05, 4.69) is 15.9 Å². The minimum absolute atomic E-state index is 0.142. The van der Waals surface area contributed by atoms with Crippen molar-refractivity contribution in [3.8, 4) is 11.5 Å². The van der Waals surface area contributed by atoms with E-state index in [1.807, 2.05) is 19.1 Å². The molecule has 0 radical (unpaired) electrons. The van der Waals surface area contributed by atoms with Crippen LogP contribution in [0, 0.1) is 0 Å². The topological polar surface area (TPSA) is 44.5 Å². The molecule has 0 bridgehead atoms. The summed E-state index contributed by atoms with van der Waals surface area (Å²) in [6.07, 6.45) is 0.831. The molecule has 1 atom stereocenters. The van der Waals surface area contributed by atoms with Gasteiger partial charge in [0, 0.05) is 10.5 Å². The van der Waals surface area contributed by atoms with E-state index in [0.717, 1.165) is 28.0 Å². The predicted molar refractivity (Wildman–Crippen MR) is 62.5 cm³/mol. The van der Waals surface area contributed by atoms with Crippen molar-refractivity contribution >= 4 is 15.9 Å². The van der Waals surface area contributed by atoms with Gasteiger partial charge in [-0.3, -0.25) is 0 Å². The number of ether oxygens (including phenoxy) is 2. The molecule has 4 heteroatoms. The zero-order valence-electron chi connectivity index (χ0n) is 8.63. The monoisotopic (exact) mass is 271 g/mol. The lowest BCUT2D eigenvalue weighted by Crippen LogP contribution is -2.19. The SMILES string of the molecule is CC(N)Cc1cc2c(cc1Br)OCCO2. The Hall–Kier alpha value is -0.740. The fourth-order valence-electron chi connectivity index (χ4n) is 1.61. The molecule has 0 saturated carbocycles. The Morgan fingerprint density at radius 3 is 2.53 bits per heavy atom. The standard InChI is InChI=1S/C11H14BrNO2/c1-7(13)4-8-5-10-11(6-9(8)12)15-3-2-14-10/h5-7H,2-4,13H2,1H3. The number of hydrogen-bond acceptors (Lipinski definition) is 3. The first-order valence-corrected chi connectivity index (χ1v) is 5.79. The molecule has 0 amide bonds. The zero-order valence-corrected chi connectivity index (χ0v) is 10.2. The molecule has 0 spiro atoms. The van der Waals surface area contributed by atoms with Gasteiger partial charge in [0.1, 0.15) is 13.2 Å². The molecule has 2 N–H and O–H groups in total. The minimum atomic E-state index is 0.142. The average Bonchev–Trinajstić information content (AvgIpc) is 2.18. The van der Waals surface area contributed by atoms with E-state index in [1.165, 1.54) is 0 Å². The van der Waals surface area contributed by atoms with Gasteiger partial charge in [0.2, 0.25) is 0 Å². The van der Waals surface area contributed by atoms with E-state index in [4.69, 9.17) is 15.2 Å². The van der Waals surface area contributed by atoms with E-state index < -0.39 is 0 Å². The van der Waals surface area contributed by atoms with Gasteiger partial charge < -0.3 is 15.2 Å². The molecule has 1 aromatic rings. The van der Waals surface area contributed by atoms with Gasteiger partial charge in [0.15, 0.2) is 11.5 Å². The summed E-state index contributed by atoms with van der Waals surface area (Å²) in [6, 6.07) is 4.09. The Bertz CT molecular complexity index is 366. The lowest BCUT2D eigenvalue weighted by molar-refractivity contribution is 0.171. The highest BCUT2D eigenvalue weighted by Gasteiger charge is 2.15. The zero-order chi connectivity index (χ0) is 10.8. The van der Waals surface area contributed by atoms with E-state index in [1.54, 1.807) is 0 Å². The normalized spacial score (nSPS) is 16.2. The number of benzene rings is 1. The van der Waals surface area contributed by atoms with Gasteiger partial charge in [0.05, 0.1) is 0 Å². The molecule has 0 saturated heterocycles. The lowest BCUT2D eigenvalue weighted by atomic mass is 10.1. The molecule has 0 aliphatic carbocycles. The maximum atomic E-state index is 5.78. The number of fused-ring (bicyclic) bond motifs is 1. The van der Waals surface area contributed by atoms with Crippen LogP contribution in [0.2, 0.25) is 0 Å². The van der Waals surface area contributed by atoms with Gasteiger partial charge in [-0.05, 0) is 31.0 Å². The average molecular weight is 272 g/mol. The Labute approximate surface area is 97.7 Å². The van der Waals surface area contributed by atoms with Crippen LogP contribution in [0.5, 0.6) is 11.5 Å². The van der Waals surface area contributed by atoms with Gasteiger partial charge in [-0.25, -0.2) is 0 Å². The number of halogens is 1. The second kappa shape index (κ2) is 4.41. The van der Waals surface area contributed by atoms with Gasteiger partial charge in [-0.15, -0.1) is 0 Å². The highest BCUT2D eigenvalue weighted by molar-refractivity contribution is 9.10. The summed E-state index contributed by atoms with van der Waals surface area (Å²) in [5.41, 5.74) is 6.94. The molecule has 2 rings (SSSR count). The third-order valence-electron chi connectivity index (χ3n) is 2.25. The maximum Gasteiger partial charge on any atom is 0.162 e. The first-order chi connectivity index (χ1) is 7.16. The van der Waals surface area contributed by atoms with Crippen LogP contribution in [0.25, 0.3) is 0 Å². The molecule has 0 aromatic heterocycles. The van der Waals surface area contributed by atoms with E-state index in [0.29, 0.717) is 13.2 Å². The smallest absolute Gasteiger partial charge is 0.162 e. The molecule has 1 heterocycles. The van der Waals surface area contributed by atoms with Crippen molar-refractivity contribution < 1.29 is 9.47 Å². The summed E-state index contributed by atoms with van der Waals surface area (Å²) in [5, 5.41) is 0. The van der Waals surface area contributed by atoms with Crippen molar-refractivity contribution in [3.05, 3.63) is 22.2 Å². The number of rotatable bonds is 2. The van der Waals surface area contributed by atoms with Crippen LogP contribution < -0.4 is 15.2 Å². The molecule has 82 valence electrons. The molecule has 1 aromatic carbocycles. The summed E-state index contributed by atoms with van der Waals surface area (Å²) >= 11 is 3.51. The highest BCUT2D eigenvalue weighted by atomic mass is 79.9. The minimum Gasteiger partial charge on any atom is -0.486 e. The third-order valence-corrected chi connectivity index (χ3v) is 2.99. The Kier molecular flexibility index (Phi) is 3.17. The molecule has 15 heavy (non-hydrogen) atoms. The van der Waals surface area contributed by atoms with Crippen LogP contribution in [0.1, 0.15) is 12.5 Å². The largest absolute Gasteiger partial charge is 0.486 e. The van der Waals surface area contributed by atoms with E-state index in [-0.39, 0.29) is 6.04 Å². The van der Waals surface area contributed by atoms with Crippen molar-refractivity contribution in [2.45, 2.75) is 19.4 Å². The van der Waals surface area contributed by atoms with Crippen molar-refractivity contribution in [3.63, 3.8) is 0 Å². The van der Waals surface area contributed by atoms with Crippen molar-refractivity contribution in [2.75, 3.05) is 13.2 Å². The second-order valence-corrected chi connectivity index (χ2v) is 4.62. The summed E-state index contributed by atoms with van der Waals surface area (Å²) in [6.45, 7) is 3.22. The van der Waals surface area contributed by atoms with Gasteiger partial charge >= 0.3 is 0 Å². The highest BCUT2D eigenvalue weighted by Crippen LogP contribution is 2.35. The Morgan fingerprint density at radius 1 is 1.33 bits per heavy atom. The van der Waals surface area contributed by atoms with Crippen molar-refractivity contribution in [1.29, 1.82) is 0 Å². The van der Waals surface area contributed by atoms with Crippen LogP contribution in [-0.2, 0) is 6.42 Å². The summed E-state index contributed by atoms with van der Waals surface area (Å²) in [7, 11) is 0. The molecular weight excluding hydrogens is 258 g/mol. The molecule has 1 unspecified atom stereocenters. The first-order valence-electron chi connectivity index (χ1n) is 5.00. The molecule has 1 aliphatic rings. The third kappa shape index (κ3) is 2.44. The van der Waals surface area contributed by atoms with E-state index in [9.17, 15) is 0 Å². The Morgan fingerprint density at radius 2 is 1.93 bits per heavy atom. The van der Waals surface area contributed by atoms with Crippen LogP contribution in [0.4, 0.5) is 0 Å². The van der Waals surface area contributed by atoms with E-state index >= 15 is 0 Å². The maximum absolute atomic E-state index is 5.78. The fraction of sp³-hybridized carbons (Fsp3) is 0.455. The van der Waals surface area contributed by atoms with Crippen molar-refractivity contribution in [1.82, 2.24) is 0 Å². The first kappa shape index (κ1) is 10.8. The lowest BCUT2D eigenvalue weighted by Gasteiger charge is -2.20. The fourth-order valence-corrected chi connectivity index (χ4v) is 2.09. The molecule has 3 nitrogen and oxygen atoms in total. The molecule has 1 aliphatic heterocycles. The molecule has 0 fully saturated rings. The summed E-state index contributed by atoms with van der Waals surface area (Å²) in [5.74, 6) is 1.63. The quantitative estimate of drug-likeness (QED) is 0.896. The van der Waals surface area contributed by atoms with Crippen LogP contribution in [-0.4, -0.2) is 19.3 Å². The van der Waals surface area contributed by atoms with Crippen LogP contribution in [0.15, 0.2) is 16.6 Å².